The molecule has 0 aliphatic heterocycles. The molecule has 5 nitrogen and oxygen atoms in total. The van der Waals surface area contributed by atoms with Crippen LogP contribution in [0, 0.1) is 0 Å². The SMILES string of the molecule is CCOc1cc(CNC(=O)N(CC)CC)ccn1. The van der Waals surface area contributed by atoms with Gasteiger partial charge in [0.05, 0.1) is 6.61 Å². The van der Waals surface area contributed by atoms with Crippen LogP contribution in [0.3, 0.4) is 0 Å². The summed E-state index contributed by atoms with van der Waals surface area (Å²) < 4.78 is 5.31. The third kappa shape index (κ3) is 4.24. The highest BCUT2D eigenvalue weighted by Gasteiger charge is 2.08. The van der Waals surface area contributed by atoms with E-state index in [0.29, 0.717) is 32.1 Å². The summed E-state index contributed by atoms with van der Waals surface area (Å²) in [6.45, 7) is 8.33. The fraction of sp³-hybridized carbons (Fsp3) is 0.538. The lowest BCUT2D eigenvalue weighted by Gasteiger charge is -2.19. The van der Waals surface area contributed by atoms with Crippen LogP contribution in [0.15, 0.2) is 18.3 Å². The molecular weight excluding hydrogens is 230 g/mol. The van der Waals surface area contributed by atoms with Gasteiger partial charge in [-0.2, -0.15) is 0 Å². The zero-order valence-electron chi connectivity index (χ0n) is 11.3. The second kappa shape index (κ2) is 7.53. The fourth-order valence-electron chi connectivity index (χ4n) is 1.59. The molecule has 100 valence electrons. The lowest BCUT2D eigenvalue weighted by Crippen LogP contribution is -2.39. The molecule has 1 heterocycles. The van der Waals surface area contributed by atoms with Crippen molar-refractivity contribution in [3.8, 4) is 5.88 Å². The van der Waals surface area contributed by atoms with Crippen LogP contribution in [-0.4, -0.2) is 35.6 Å². The maximum Gasteiger partial charge on any atom is 0.317 e. The molecular formula is C13H21N3O2. The zero-order chi connectivity index (χ0) is 13.4. The first-order valence-electron chi connectivity index (χ1n) is 6.31. The van der Waals surface area contributed by atoms with Crippen LogP contribution in [0.5, 0.6) is 5.88 Å². The number of nitrogens with zero attached hydrogens (tertiary/aromatic N) is 2. The van der Waals surface area contributed by atoms with E-state index in [2.05, 4.69) is 10.3 Å². The first-order chi connectivity index (χ1) is 8.71. The van der Waals surface area contributed by atoms with Crippen molar-refractivity contribution in [3.63, 3.8) is 0 Å². The maximum absolute atomic E-state index is 11.8. The van der Waals surface area contributed by atoms with Crippen LogP contribution in [0.2, 0.25) is 0 Å². The quantitative estimate of drug-likeness (QED) is 0.841. The molecule has 0 spiro atoms. The molecule has 0 aliphatic carbocycles. The van der Waals surface area contributed by atoms with Crippen molar-refractivity contribution in [2.75, 3.05) is 19.7 Å². The lowest BCUT2D eigenvalue weighted by molar-refractivity contribution is 0.203. The standard InChI is InChI=1S/C13H21N3O2/c1-4-16(5-2)13(17)15-10-11-7-8-14-12(9-11)18-6-3/h7-9H,4-6,10H2,1-3H3,(H,15,17). The molecule has 0 unspecified atom stereocenters. The van der Waals surface area contributed by atoms with Gasteiger partial charge in [-0.1, -0.05) is 0 Å². The van der Waals surface area contributed by atoms with Gasteiger partial charge in [0, 0.05) is 31.9 Å². The molecule has 0 atom stereocenters. The van der Waals surface area contributed by atoms with Crippen LogP contribution < -0.4 is 10.1 Å². The Kier molecular flexibility index (Phi) is 5.97. The Hall–Kier alpha value is -1.78. The largest absolute Gasteiger partial charge is 0.478 e. The molecule has 0 saturated carbocycles. The van der Waals surface area contributed by atoms with Crippen molar-refractivity contribution < 1.29 is 9.53 Å². The van der Waals surface area contributed by atoms with E-state index in [-0.39, 0.29) is 6.03 Å². The number of carbonyl (C=O) groups excluding carboxylic acids is 1. The minimum atomic E-state index is -0.0465. The molecule has 1 N–H and O–H groups in total. The molecule has 1 rings (SSSR count). The van der Waals surface area contributed by atoms with E-state index < -0.39 is 0 Å². The average molecular weight is 251 g/mol. The number of hydrogen-bond donors (Lipinski definition) is 1. The van der Waals surface area contributed by atoms with Gasteiger partial charge in [-0.25, -0.2) is 9.78 Å². The molecule has 1 aromatic rings. The van der Waals surface area contributed by atoms with E-state index in [4.69, 9.17) is 4.74 Å². The summed E-state index contributed by atoms with van der Waals surface area (Å²) in [5, 5.41) is 2.87. The van der Waals surface area contributed by atoms with Gasteiger partial charge in [0.25, 0.3) is 0 Å². The van der Waals surface area contributed by atoms with Gasteiger partial charge in [0.1, 0.15) is 0 Å². The Bertz CT molecular complexity index is 378. The van der Waals surface area contributed by atoms with Crippen LogP contribution in [0.25, 0.3) is 0 Å². The Morgan fingerprint density at radius 1 is 1.39 bits per heavy atom. The van der Waals surface area contributed by atoms with Gasteiger partial charge < -0.3 is 15.0 Å². The van der Waals surface area contributed by atoms with Crippen LogP contribution in [0.4, 0.5) is 4.79 Å². The van der Waals surface area contributed by atoms with Crippen molar-refractivity contribution in [2.24, 2.45) is 0 Å². The molecule has 5 heteroatoms. The zero-order valence-corrected chi connectivity index (χ0v) is 11.3. The highest BCUT2D eigenvalue weighted by molar-refractivity contribution is 5.74. The Morgan fingerprint density at radius 3 is 2.72 bits per heavy atom. The molecule has 0 bridgehead atoms. The number of rotatable bonds is 6. The Morgan fingerprint density at radius 2 is 2.11 bits per heavy atom. The number of aromatic nitrogens is 1. The Labute approximate surface area is 108 Å². The van der Waals surface area contributed by atoms with Crippen molar-refractivity contribution in [3.05, 3.63) is 23.9 Å². The number of amides is 2. The summed E-state index contributed by atoms with van der Waals surface area (Å²) in [6, 6.07) is 3.66. The van der Waals surface area contributed by atoms with Crippen molar-refractivity contribution in [1.29, 1.82) is 0 Å². The van der Waals surface area contributed by atoms with E-state index >= 15 is 0 Å². The van der Waals surface area contributed by atoms with Crippen LogP contribution >= 0.6 is 0 Å². The first kappa shape index (κ1) is 14.3. The van der Waals surface area contributed by atoms with E-state index in [9.17, 15) is 4.79 Å². The van der Waals surface area contributed by atoms with Gasteiger partial charge in [0.15, 0.2) is 0 Å². The molecule has 0 aromatic carbocycles. The molecule has 0 radical (unpaired) electrons. The summed E-state index contributed by atoms with van der Waals surface area (Å²) in [6.07, 6.45) is 1.68. The predicted octanol–water partition coefficient (Wildman–Crippen LogP) is 2.03. The summed E-state index contributed by atoms with van der Waals surface area (Å²) >= 11 is 0. The smallest absolute Gasteiger partial charge is 0.317 e. The minimum Gasteiger partial charge on any atom is -0.478 e. The minimum absolute atomic E-state index is 0.0465. The molecule has 0 fully saturated rings. The number of carbonyl (C=O) groups is 1. The third-order valence-electron chi connectivity index (χ3n) is 2.59. The number of urea groups is 1. The third-order valence-corrected chi connectivity index (χ3v) is 2.59. The van der Waals surface area contributed by atoms with E-state index in [1.165, 1.54) is 0 Å². The molecule has 18 heavy (non-hydrogen) atoms. The summed E-state index contributed by atoms with van der Waals surface area (Å²) in [4.78, 5) is 17.6. The van der Waals surface area contributed by atoms with Gasteiger partial charge in [-0.05, 0) is 32.4 Å². The lowest BCUT2D eigenvalue weighted by atomic mass is 10.2. The van der Waals surface area contributed by atoms with Crippen molar-refractivity contribution in [2.45, 2.75) is 27.3 Å². The fourth-order valence-corrected chi connectivity index (χ4v) is 1.59. The normalized spacial score (nSPS) is 9.94. The second-order valence-electron chi connectivity index (χ2n) is 3.77. The number of pyridine rings is 1. The average Bonchev–Trinajstić information content (AvgIpc) is 2.39. The number of hydrogen-bond acceptors (Lipinski definition) is 3. The molecule has 0 saturated heterocycles. The highest BCUT2D eigenvalue weighted by Crippen LogP contribution is 2.09. The Balaban J connectivity index is 2.52. The van der Waals surface area contributed by atoms with E-state index in [1.807, 2.05) is 32.9 Å². The highest BCUT2D eigenvalue weighted by atomic mass is 16.5. The summed E-state index contributed by atoms with van der Waals surface area (Å²) in [5.74, 6) is 0.590. The van der Waals surface area contributed by atoms with Gasteiger partial charge in [-0.3, -0.25) is 0 Å². The van der Waals surface area contributed by atoms with Gasteiger partial charge >= 0.3 is 6.03 Å². The monoisotopic (exact) mass is 251 g/mol. The molecule has 0 aliphatic rings. The van der Waals surface area contributed by atoms with Gasteiger partial charge in [-0.15, -0.1) is 0 Å². The predicted molar refractivity (Wildman–Crippen MR) is 70.6 cm³/mol. The molecule has 1 aromatic heterocycles. The van der Waals surface area contributed by atoms with Crippen molar-refractivity contribution in [1.82, 2.24) is 15.2 Å². The summed E-state index contributed by atoms with van der Waals surface area (Å²) in [7, 11) is 0. The van der Waals surface area contributed by atoms with E-state index in [1.54, 1.807) is 11.1 Å². The van der Waals surface area contributed by atoms with Crippen molar-refractivity contribution >= 4 is 6.03 Å². The number of ether oxygens (including phenoxy) is 1. The second-order valence-corrected chi connectivity index (χ2v) is 3.77. The first-order valence-corrected chi connectivity index (χ1v) is 6.31. The van der Waals surface area contributed by atoms with E-state index in [0.717, 1.165) is 5.56 Å². The maximum atomic E-state index is 11.8. The number of nitrogens with one attached hydrogen (secondary N) is 1. The van der Waals surface area contributed by atoms with Crippen LogP contribution in [0.1, 0.15) is 26.3 Å². The summed E-state index contributed by atoms with van der Waals surface area (Å²) in [5.41, 5.74) is 0.981. The topological polar surface area (TPSA) is 54.5 Å². The van der Waals surface area contributed by atoms with Crippen LogP contribution in [-0.2, 0) is 6.54 Å². The van der Waals surface area contributed by atoms with Gasteiger partial charge in [0.2, 0.25) is 5.88 Å². The molecule has 2 amide bonds.